The highest BCUT2D eigenvalue weighted by Gasteiger charge is 2.13. The smallest absolute Gasteiger partial charge is 0.307 e. The van der Waals surface area contributed by atoms with Crippen molar-refractivity contribution in [2.75, 3.05) is 7.05 Å². The maximum Gasteiger partial charge on any atom is 0.307 e. The van der Waals surface area contributed by atoms with E-state index in [-0.39, 0.29) is 4.87 Å². The van der Waals surface area contributed by atoms with Gasteiger partial charge in [-0.25, -0.2) is 0 Å². The molecule has 0 aliphatic carbocycles. The molecule has 0 saturated heterocycles. The fraction of sp³-hybridized carbons (Fsp3) is 0.750. The summed E-state index contributed by atoms with van der Waals surface area (Å²) in [6.07, 6.45) is 6.19. The lowest BCUT2D eigenvalue weighted by atomic mass is 10.1. The Morgan fingerprint density at radius 3 is 2.69 bits per heavy atom. The third-order valence-corrected chi connectivity index (χ3v) is 3.83. The standard InChI is InChI=1S/C12H22N2OS/c1-4-5-6-7-8-10(13-2)11-9-16-12(15)14(11)3/h9-10,13H,4-8H2,1-3H3. The highest BCUT2D eigenvalue weighted by molar-refractivity contribution is 7.07. The van der Waals surface area contributed by atoms with E-state index in [1.54, 1.807) is 4.57 Å². The largest absolute Gasteiger partial charge is 0.312 e. The Morgan fingerprint density at radius 2 is 2.19 bits per heavy atom. The summed E-state index contributed by atoms with van der Waals surface area (Å²) in [4.78, 5) is 11.5. The molecule has 1 heterocycles. The summed E-state index contributed by atoms with van der Waals surface area (Å²) >= 11 is 1.29. The molecule has 0 radical (unpaired) electrons. The van der Waals surface area contributed by atoms with Crippen LogP contribution in [0.3, 0.4) is 0 Å². The zero-order valence-electron chi connectivity index (χ0n) is 10.5. The Kier molecular flexibility index (Phi) is 5.77. The molecule has 0 fully saturated rings. The van der Waals surface area contributed by atoms with Crippen molar-refractivity contribution in [3.05, 3.63) is 20.7 Å². The molecular weight excluding hydrogens is 220 g/mol. The van der Waals surface area contributed by atoms with E-state index in [0.29, 0.717) is 6.04 Å². The van der Waals surface area contributed by atoms with Gasteiger partial charge >= 0.3 is 4.87 Å². The Bertz CT molecular complexity index is 356. The van der Waals surface area contributed by atoms with Gasteiger partial charge in [0.05, 0.1) is 0 Å². The van der Waals surface area contributed by atoms with Gasteiger partial charge in [-0.2, -0.15) is 0 Å². The number of unbranched alkanes of at least 4 members (excludes halogenated alkanes) is 3. The van der Waals surface area contributed by atoms with Gasteiger partial charge in [-0.1, -0.05) is 43.9 Å². The summed E-state index contributed by atoms with van der Waals surface area (Å²) in [6, 6.07) is 0.320. The Hall–Kier alpha value is -0.610. The Labute approximate surface area is 101 Å². The highest BCUT2D eigenvalue weighted by Crippen LogP contribution is 2.19. The molecule has 1 unspecified atom stereocenters. The van der Waals surface area contributed by atoms with Crippen LogP contribution in [0.4, 0.5) is 0 Å². The fourth-order valence-corrected chi connectivity index (χ4v) is 2.71. The zero-order chi connectivity index (χ0) is 12.0. The van der Waals surface area contributed by atoms with Crippen molar-refractivity contribution in [1.82, 2.24) is 9.88 Å². The van der Waals surface area contributed by atoms with Crippen molar-refractivity contribution in [2.45, 2.75) is 45.1 Å². The predicted octanol–water partition coefficient (Wildman–Crippen LogP) is 2.68. The minimum atomic E-state index is 0.129. The van der Waals surface area contributed by atoms with Crippen molar-refractivity contribution in [2.24, 2.45) is 7.05 Å². The van der Waals surface area contributed by atoms with E-state index in [1.807, 2.05) is 19.5 Å². The average molecular weight is 242 g/mol. The van der Waals surface area contributed by atoms with Crippen LogP contribution >= 0.6 is 11.3 Å². The van der Waals surface area contributed by atoms with Gasteiger partial charge in [0.15, 0.2) is 0 Å². The first-order chi connectivity index (χ1) is 7.70. The minimum Gasteiger partial charge on any atom is -0.312 e. The van der Waals surface area contributed by atoms with Gasteiger partial charge in [0.25, 0.3) is 0 Å². The number of hydrogen-bond donors (Lipinski definition) is 1. The van der Waals surface area contributed by atoms with Crippen molar-refractivity contribution >= 4 is 11.3 Å². The van der Waals surface area contributed by atoms with Crippen LogP contribution in [0.5, 0.6) is 0 Å². The van der Waals surface area contributed by atoms with Gasteiger partial charge in [0, 0.05) is 24.2 Å². The first kappa shape index (κ1) is 13.5. The van der Waals surface area contributed by atoms with E-state index in [4.69, 9.17) is 0 Å². The third-order valence-electron chi connectivity index (χ3n) is 2.99. The molecule has 3 nitrogen and oxygen atoms in total. The second-order valence-corrected chi connectivity index (χ2v) is 5.00. The van der Waals surface area contributed by atoms with Gasteiger partial charge in [-0.05, 0) is 13.5 Å². The molecule has 0 bridgehead atoms. The second kappa shape index (κ2) is 6.86. The molecular formula is C12H22N2OS. The van der Waals surface area contributed by atoms with Crippen LogP contribution in [0.15, 0.2) is 10.2 Å². The molecule has 0 aromatic carbocycles. The molecule has 0 aliphatic rings. The normalized spacial score (nSPS) is 12.9. The number of rotatable bonds is 7. The average Bonchev–Trinajstić information content (AvgIpc) is 2.61. The van der Waals surface area contributed by atoms with E-state index in [1.165, 1.54) is 37.0 Å². The summed E-state index contributed by atoms with van der Waals surface area (Å²) in [7, 11) is 3.82. The van der Waals surface area contributed by atoms with Crippen molar-refractivity contribution in [3.8, 4) is 0 Å². The van der Waals surface area contributed by atoms with Crippen LogP contribution in [0.25, 0.3) is 0 Å². The molecule has 0 amide bonds. The lowest BCUT2D eigenvalue weighted by Gasteiger charge is -2.16. The third kappa shape index (κ3) is 3.46. The van der Waals surface area contributed by atoms with Crippen LogP contribution in [0.1, 0.15) is 50.8 Å². The Morgan fingerprint density at radius 1 is 1.44 bits per heavy atom. The summed E-state index contributed by atoms with van der Waals surface area (Å²) in [5.74, 6) is 0. The first-order valence-electron chi connectivity index (χ1n) is 6.02. The van der Waals surface area contributed by atoms with Gasteiger partial charge in [0.2, 0.25) is 0 Å². The van der Waals surface area contributed by atoms with E-state index in [9.17, 15) is 4.79 Å². The molecule has 0 aliphatic heterocycles. The van der Waals surface area contributed by atoms with Crippen LogP contribution in [-0.2, 0) is 7.05 Å². The number of aromatic nitrogens is 1. The number of thiazole rings is 1. The maximum atomic E-state index is 11.4. The molecule has 0 saturated carbocycles. The number of hydrogen-bond acceptors (Lipinski definition) is 3. The molecule has 92 valence electrons. The summed E-state index contributed by atoms with van der Waals surface area (Å²) < 4.78 is 1.76. The molecule has 1 N–H and O–H groups in total. The van der Waals surface area contributed by atoms with E-state index < -0.39 is 0 Å². The lowest BCUT2D eigenvalue weighted by molar-refractivity contribution is 0.483. The van der Waals surface area contributed by atoms with E-state index in [0.717, 1.165) is 12.1 Å². The summed E-state index contributed by atoms with van der Waals surface area (Å²) in [5.41, 5.74) is 1.12. The molecule has 0 spiro atoms. The fourth-order valence-electron chi connectivity index (χ4n) is 1.91. The highest BCUT2D eigenvalue weighted by atomic mass is 32.1. The van der Waals surface area contributed by atoms with Crippen LogP contribution in [0, 0.1) is 0 Å². The van der Waals surface area contributed by atoms with E-state index in [2.05, 4.69) is 12.2 Å². The molecule has 1 rings (SSSR count). The molecule has 1 aromatic heterocycles. The SMILES string of the molecule is CCCCCCC(NC)c1csc(=O)n1C. The lowest BCUT2D eigenvalue weighted by Crippen LogP contribution is -2.22. The van der Waals surface area contributed by atoms with Crippen molar-refractivity contribution in [1.29, 1.82) is 0 Å². The molecule has 1 aromatic rings. The van der Waals surface area contributed by atoms with Crippen LogP contribution < -0.4 is 10.2 Å². The molecule has 4 heteroatoms. The van der Waals surface area contributed by atoms with Gasteiger partial charge < -0.3 is 9.88 Å². The van der Waals surface area contributed by atoms with Crippen LogP contribution in [-0.4, -0.2) is 11.6 Å². The molecule has 1 atom stereocenters. The van der Waals surface area contributed by atoms with Crippen molar-refractivity contribution in [3.63, 3.8) is 0 Å². The number of nitrogens with zero attached hydrogens (tertiary/aromatic N) is 1. The van der Waals surface area contributed by atoms with Crippen molar-refractivity contribution < 1.29 is 0 Å². The quantitative estimate of drug-likeness (QED) is 0.746. The zero-order valence-corrected chi connectivity index (χ0v) is 11.3. The van der Waals surface area contributed by atoms with Gasteiger partial charge in [-0.3, -0.25) is 4.79 Å². The minimum absolute atomic E-state index is 0.129. The Balaban J connectivity index is 2.54. The topological polar surface area (TPSA) is 34.0 Å². The monoisotopic (exact) mass is 242 g/mol. The van der Waals surface area contributed by atoms with E-state index >= 15 is 0 Å². The second-order valence-electron chi connectivity index (χ2n) is 4.18. The maximum absolute atomic E-state index is 11.4. The molecule has 16 heavy (non-hydrogen) atoms. The summed E-state index contributed by atoms with van der Waals surface area (Å²) in [6.45, 7) is 2.22. The van der Waals surface area contributed by atoms with Gasteiger partial charge in [-0.15, -0.1) is 0 Å². The predicted molar refractivity (Wildman–Crippen MR) is 70.1 cm³/mol. The van der Waals surface area contributed by atoms with Gasteiger partial charge in [0.1, 0.15) is 0 Å². The first-order valence-corrected chi connectivity index (χ1v) is 6.90. The summed E-state index contributed by atoms with van der Waals surface area (Å²) in [5, 5.41) is 5.27. The van der Waals surface area contributed by atoms with Crippen LogP contribution in [0.2, 0.25) is 0 Å². The number of nitrogens with one attached hydrogen (secondary N) is 1.